The van der Waals surface area contributed by atoms with Crippen LogP contribution in [0, 0.1) is 26.7 Å². The molecule has 0 radical (unpaired) electrons. The average molecular weight is 637 g/mol. The van der Waals surface area contributed by atoms with E-state index < -0.39 is 0 Å². The van der Waals surface area contributed by atoms with E-state index in [1.807, 2.05) is 42.2 Å². The molecule has 1 unspecified atom stereocenters. The predicted molar refractivity (Wildman–Crippen MR) is 178 cm³/mol. The highest BCUT2D eigenvalue weighted by atomic mass is 32.1. The van der Waals surface area contributed by atoms with Crippen LogP contribution in [0.4, 0.5) is 0 Å². The lowest BCUT2D eigenvalue weighted by Gasteiger charge is -2.32. The number of likely N-dealkylation sites (tertiary alicyclic amines) is 1. The van der Waals surface area contributed by atoms with Gasteiger partial charge in [-0.05, 0) is 88.6 Å². The minimum absolute atomic E-state index is 0.0463. The van der Waals surface area contributed by atoms with Crippen LogP contribution < -0.4 is 5.32 Å². The van der Waals surface area contributed by atoms with Gasteiger partial charge in [0.05, 0.1) is 11.4 Å². The number of carbonyl (C=O) groups excluding carboxylic acids is 2. The third-order valence-electron chi connectivity index (χ3n) is 9.68. The summed E-state index contributed by atoms with van der Waals surface area (Å²) in [4.78, 5) is 34.5. The number of aromatic nitrogens is 5. The van der Waals surface area contributed by atoms with Crippen LogP contribution in [0.25, 0.3) is 5.00 Å². The highest BCUT2D eigenvalue weighted by Gasteiger charge is 2.28. The SMILES string of the molecule is Cc1sc2c(c1C)C(c1ccc(C(=O)N3CCCC(Cc4ccc(C(=O)NC5CCCCC5)nn4)C3)cc1)=NCc1nnc(C)n1-2. The zero-order valence-corrected chi connectivity index (χ0v) is 27.6. The standard InChI is InChI=1S/C35H40N8O2S/c1-21-22(2)46-35-31(21)32(36-19-30-41-38-23(3)43(30)35)25-11-13-26(14-12-25)34(45)42-17-7-8-24(20-42)18-28-15-16-29(40-39-28)33(44)37-27-9-5-4-6-10-27/h11-16,24,27H,4-10,17-20H2,1-3H3,(H,37,44). The number of aryl methyl sites for hydroxylation is 2. The smallest absolute Gasteiger partial charge is 0.272 e. The summed E-state index contributed by atoms with van der Waals surface area (Å²) in [7, 11) is 0. The summed E-state index contributed by atoms with van der Waals surface area (Å²) in [5, 5.41) is 21.5. The van der Waals surface area contributed by atoms with E-state index in [-0.39, 0.29) is 17.9 Å². The largest absolute Gasteiger partial charge is 0.348 e. The molecular formula is C35H40N8O2S. The Morgan fingerprint density at radius 3 is 2.48 bits per heavy atom. The lowest BCUT2D eigenvalue weighted by Crippen LogP contribution is -2.40. The molecular weight excluding hydrogens is 597 g/mol. The molecule has 0 bridgehead atoms. The number of carbonyl (C=O) groups is 2. The second-order valence-electron chi connectivity index (χ2n) is 12.9. The van der Waals surface area contributed by atoms with Crippen LogP contribution in [0.2, 0.25) is 0 Å². The lowest BCUT2D eigenvalue weighted by atomic mass is 9.92. The highest BCUT2D eigenvalue weighted by molar-refractivity contribution is 7.15. The van der Waals surface area contributed by atoms with E-state index in [1.54, 1.807) is 17.4 Å². The van der Waals surface area contributed by atoms with Crippen LogP contribution in [0.5, 0.6) is 0 Å². The van der Waals surface area contributed by atoms with Crippen molar-refractivity contribution in [3.8, 4) is 5.00 Å². The lowest BCUT2D eigenvalue weighted by molar-refractivity contribution is 0.0672. The molecule has 1 saturated carbocycles. The van der Waals surface area contributed by atoms with E-state index in [0.717, 1.165) is 77.8 Å². The van der Waals surface area contributed by atoms with Gasteiger partial charge in [-0.25, -0.2) is 0 Å². The van der Waals surface area contributed by atoms with E-state index in [0.29, 0.717) is 30.3 Å². The fourth-order valence-corrected chi connectivity index (χ4v) is 8.27. The van der Waals surface area contributed by atoms with Crippen molar-refractivity contribution in [3.63, 3.8) is 0 Å². The molecule has 1 atom stereocenters. The van der Waals surface area contributed by atoms with Gasteiger partial charge >= 0.3 is 0 Å². The Bertz CT molecular complexity index is 1780. The van der Waals surface area contributed by atoms with Crippen molar-refractivity contribution in [1.82, 2.24) is 35.2 Å². The molecule has 2 amide bonds. The summed E-state index contributed by atoms with van der Waals surface area (Å²) in [5.74, 6) is 1.89. The zero-order chi connectivity index (χ0) is 31.8. The molecule has 11 heteroatoms. The summed E-state index contributed by atoms with van der Waals surface area (Å²) >= 11 is 1.74. The maximum Gasteiger partial charge on any atom is 0.272 e. The van der Waals surface area contributed by atoms with Crippen LogP contribution >= 0.6 is 11.3 Å². The van der Waals surface area contributed by atoms with Crippen molar-refractivity contribution in [1.29, 1.82) is 0 Å². The van der Waals surface area contributed by atoms with Crippen molar-refractivity contribution in [2.24, 2.45) is 10.9 Å². The Balaban J connectivity index is 1.01. The van der Waals surface area contributed by atoms with Crippen molar-refractivity contribution in [2.75, 3.05) is 13.1 Å². The highest BCUT2D eigenvalue weighted by Crippen LogP contribution is 2.36. The zero-order valence-electron chi connectivity index (χ0n) is 26.8. The maximum absolute atomic E-state index is 13.6. The quantitative estimate of drug-likeness (QED) is 0.297. The number of fused-ring (bicyclic) bond motifs is 3. The summed E-state index contributed by atoms with van der Waals surface area (Å²) in [5.41, 5.74) is 6.14. The van der Waals surface area contributed by atoms with Crippen LogP contribution in [0.1, 0.15) is 105 Å². The van der Waals surface area contributed by atoms with Crippen LogP contribution in [-0.2, 0) is 13.0 Å². The summed E-state index contributed by atoms with van der Waals surface area (Å²) < 4.78 is 2.12. The van der Waals surface area contributed by atoms with E-state index in [9.17, 15) is 9.59 Å². The molecule has 5 heterocycles. The molecule has 1 N–H and O–H groups in total. The fraction of sp³-hybridized carbons (Fsp3) is 0.457. The number of thiophene rings is 1. The number of hydrogen-bond acceptors (Lipinski definition) is 8. The molecule has 3 aromatic heterocycles. The van der Waals surface area contributed by atoms with Crippen LogP contribution in [0.3, 0.4) is 0 Å². The minimum Gasteiger partial charge on any atom is -0.348 e. The number of amides is 2. The average Bonchev–Trinajstić information content (AvgIpc) is 3.53. The van der Waals surface area contributed by atoms with Gasteiger partial charge in [-0.15, -0.1) is 26.6 Å². The first-order valence-electron chi connectivity index (χ1n) is 16.4. The summed E-state index contributed by atoms with van der Waals surface area (Å²) in [6, 6.07) is 11.8. The molecule has 238 valence electrons. The van der Waals surface area contributed by atoms with Crippen molar-refractivity contribution in [3.05, 3.63) is 86.6 Å². The number of aliphatic imine (C=N–C) groups is 1. The van der Waals surface area contributed by atoms with Gasteiger partial charge in [-0.2, -0.15) is 5.10 Å². The normalized spacial score (nSPS) is 18.4. The number of nitrogens with one attached hydrogen (secondary N) is 1. The molecule has 1 aromatic carbocycles. The molecule has 46 heavy (non-hydrogen) atoms. The van der Waals surface area contributed by atoms with Gasteiger partial charge in [0.1, 0.15) is 17.4 Å². The van der Waals surface area contributed by atoms with Gasteiger partial charge < -0.3 is 10.2 Å². The first kappa shape index (κ1) is 30.4. The van der Waals surface area contributed by atoms with Crippen LogP contribution in [0.15, 0.2) is 41.4 Å². The number of rotatable bonds is 6. The van der Waals surface area contributed by atoms with Gasteiger partial charge in [0.15, 0.2) is 11.5 Å². The van der Waals surface area contributed by atoms with Crippen LogP contribution in [-0.4, -0.2) is 66.5 Å². The molecule has 10 nitrogen and oxygen atoms in total. The molecule has 0 spiro atoms. The number of piperidine rings is 1. The van der Waals surface area contributed by atoms with Crippen molar-refractivity contribution >= 4 is 28.9 Å². The Hall–Kier alpha value is -4.25. The first-order chi connectivity index (χ1) is 22.4. The van der Waals surface area contributed by atoms with Crippen molar-refractivity contribution in [2.45, 2.75) is 84.7 Å². The molecule has 1 aliphatic carbocycles. The molecule has 1 saturated heterocycles. The monoisotopic (exact) mass is 636 g/mol. The second-order valence-corrected chi connectivity index (χ2v) is 14.1. The number of benzene rings is 1. The third-order valence-corrected chi connectivity index (χ3v) is 10.9. The van der Waals surface area contributed by atoms with Gasteiger partial charge in [0.2, 0.25) is 0 Å². The fourth-order valence-electron chi connectivity index (χ4n) is 7.04. The van der Waals surface area contributed by atoms with Gasteiger partial charge in [0, 0.05) is 40.7 Å². The van der Waals surface area contributed by atoms with Gasteiger partial charge in [-0.1, -0.05) is 31.4 Å². The minimum atomic E-state index is -0.141. The molecule has 2 fully saturated rings. The molecule has 2 aliphatic heterocycles. The molecule has 7 rings (SSSR count). The second kappa shape index (κ2) is 12.9. The molecule has 3 aliphatic rings. The topological polar surface area (TPSA) is 118 Å². The van der Waals surface area contributed by atoms with E-state index in [1.165, 1.54) is 29.7 Å². The van der Waals surface area contributed by atoms with Crippen molar-refractivity contribution < 1.29 is 9.59 Å². The predicted octanol–water partition coefficient (Wildman–Crippen LogP) is 5.55. The Morgan fingerprint density at radius 1 is 0.913 bits per heavy atom. The van der Waals surface area contributed by atoms with E-state index >= 15 is 0 Å². The first-order valence-corrected chi connectivity index (χ1v) is 17.3. The molecule has 4 aromatic rings. The van der Waals surface area contributed by atoms with Gasteiger partial charge in [0.25, 0.3) is 11.8 Å². The number of hydrogen-bond donors (Lipinski definition) is 1. The van der Waals surface area contributed by atoms with E-state index in [2.05, 4.69) is 44.1 Å². The maximum atomic E-state index is 13.6. The Morgan fingerprint density at radius 2 is 1.72 bits per heavy atom. The Labute approximate surface area is 273 Å². The Kier molecular flexibility index (Phi) is 8.50. The van der Waals surface area contributed by atoms with E-state index in [4.69, 9.17) is 4.99 Å². The summed E-state index contributed by atoms with van der Waals surface area (Å²) in [6.45, 7) is 8.12. The summed E-state index contributed by atoms with van der Waals surface area (Å²) in [6.07, 6.45) is 8.36. The third kappa shape index (κ3) is 6.00. The van der Waals surface area contributed by atoms with Gasteiger partial charge in [-0.3, -0.25) is 19.1 Å². The number of nitrogens with zero attached hydrogens (tertiary/aromatic N) is 7.